The van der Waals surface area contributed by atoms with Crippen molar-refractivity contribution in [3.63, 3.8) is 0 Å². The van der Waals surface area contributed by atoms with Crippen LogP contribution < -0.4 is 0 Å². The lowest BCUT2D eigenvalue weighted by atomic mass is 10.2. The summed E-state index contributed by atoms with van der Waals surface area (Å²) < 4.78 is 5.02. The van der Waals surface area contributed by atoms with Crippen molar-refractivity contribution < 1.29 is 14.6 Å². The van der Waals surface area contributed by atoms with Crippen molar-refractivity contribution in [2.75, 3.05) is 7.11 Å². The van der Waals surface area contributed by atoms with Gasteiger partial charge in [0.2, 0.25) is 0 Å². The van der Waals surface area contributed by atoms with Crippen LogP contribution in [0.1, 0.15) is 5.69 Å². The number of nitrogens with zero attached hydrogens (tertiary/aromatic N) is 1. The highest BCUT2D eigenvalue weighted by Crippen LogP contribution is 2.18. The summed E-state index contributed by atoms with van der Waals surface area (Å²) in [4.78, 5) is 14.8. The van der Waals surface area contributed by atoms with E-state index in [9.17, 15) is 9.90 Å². The number of esters is 1. The van der Waals surface area contributed by atoms with Crippen LogP contribution in [0.3, 0.4) is 0 Å². The molecular weight excluding hydrogens is 238 g/mol. The molecule has 0 saturated carbocycles. The van der Waals surface area contributed by atoms with Crippen LogP contribution in [0.5, 0.6) is 5.75 Å². The number of halogens is 1. The molecular formula is C8H8BrNO3. The number of aromatic hydroxyl groups is 1. The number of hydrogen-bond acceptors (Lipinski definition) is 4. The highest BCUT2D eigenvalue weighted by atomic mass is 79.9. The Hall–Kier alpha value is -1.10. The van der Waals surface area contributed by atoms with Gasteiger partial charge in [-0.3, -0.25) is 4.79 Å². The topological polar surface area (TPSA) is 59.4 Å². The van der Waals surface area contributed by atoms with Crippen molar-refractivity contribution in [2.24, 2.45) is 0 Å². The van der Waals surface area contributed by atoms with E-state index >= 15 is 0 Å². The molecule has 0 aromatic carbocycles. The summed E-state index contributed by atoms with van der Waals surface area (Å²) in [5, 5.41) is 9.29. The first-order valence-corrected chi connectivity index (χ1v) is 4.34. The van der Waals surface area contributed by atoms with E-state index in [2.05, 4.69) is 25.7 Å². The fourth-order valence-corrected chi connectivity index (χ4v) is 1.15. The molecule has 1 heterocycles. The van der Waals surface area contributed by atoms with E-state index in [4.69, 9.17) is 0 Å². The van der Waals surface area contributed by atoms with Gasteiger partial charge in [-0.05, 0) is 28.1 Å². The van der Waals surface area contributed by atoms with Crippen LogP contribution in [0, 0.1) is 0 Å². The summed E-state index contributed by atoms with van der Waals surface area (Å²) >= 11 is 3.13. The van der Waals surface area contributed by atoms with Gasteiger partial charge in [-0.25, -0.2) is 4.98 Å². The number of pyridine rings is 1. The van der Waals surface area contributed by atoms with Crippen LogP contribution in [-0.4, -0.2) is 23.2 Å². The minimum Gasteiger partial charge on any atom is -0.506 e. The standard InChI is InChI=1S/C8H8BrNO3/c1-13-8(12)4-5-6(11)2-3-7(9)10-5/h2-3,11H,4H2,1H3. The van der Waals surface area contributed by atoms with Crippen molar-refractivity contribution in [1.82, 2.24) is 4.98 Å². The van der Waals surface area contributed by atoms with Crippen LogP contribution in [0.25, 0.3) is 0 Å². The Labute approximate surface area is 83.7 Å². The average molecular weight is 246 g/mol. The van der Waals surface area contributed by atoms with Crippen molar-refractivity contribution >= 4 is 21.9 Å². The molecule has 1 N–H and O–H groups in total. The van der Waals surface area contributed by atoms with Crippen LogP contribution in [0.15, 0.2) is 16.7 Å². The van der Waals surface area contributed by atoms with Crippen LogP contribution in [0.4, 0.5) is 0 Å². The van der Waals surface area contributed by atoms with Crippen molar-refractivity contribution in [2.45, 2.75) is 6.42 Å². The molecule has 1 aromatic heterocycles. The summed E-state index contributed by atoms with van der Waals surface area (Å²) in [6.07, 6.45) is -0.0260. The Bertz CT molecular complexity index is 327. The lowest BCUT2D eigenvalue weighted by Crippen LogP contribution is -2.06. The highest BCUT2D eigenvalue weighted by molar-refractivity contribution is 9.10. The molecule has 0 aliphatic rings. The lowest BCUT2D eigenvalue weighted by molar-refractivity contribution is -0.139. The van der Waals surface area contributed by atoms with E-state index in [0.29, 0.717) is 10.3 Å². The molecule has 70 valence electrons. The SMILES string of the molecule is COC(=O)Cc1nc(Br)ccc1O. The predicted molar refractivity (Wildman–Crippen MR) is 49.3 cm³/mol. The summed E-state index contributed by atoms with van der Waals surface area (Å²) in [5.74, 6) is -0.436. The van der Waals surface area contributed by atoms with Gasteiger partial charge in [0.05, 0.1) is 19.2 Å². The third kappa shape index (κ3) is 2.69. The Morgan fingerprint density at radius 2 is 2.38 bits per heavy atom. The molecule has 13 heavy (non-hydrogen) atoms. The van der Waals surface area contributed by atoms with Crippen LogP contribution in [-0.2, 0) is 16.0 Å². The quantitative estimate of drug-likeness (QED) is 0.630. The second-order valence-corrected chi connectivity index (χ2v) is 3.17. The average Bonchev–Trinajstić information content (AvgIpc) is 2.11. The van der Waals surface area contributed by atoms with Crippen molar-refractivity contribution in [1.29, 1.82) is 0 Å². The van der Waals surface area contributed by atoms with Gasteiger partial charge < -0.3 is 9.84 Å². The lowest BCUT2D eigenvalue weighted by Gasteiger charge is -2.02. The molecule has 0 aliphatic heterocycles. The maximum Gasteiger partial charge on any atom is 0.311 e. The zero-order valence-corrected chi connectivity index (χ0v) is 8.54. The molecule has 0 atom stereocenters. The van der Waals surface area contributed by atoms with Gasteiger partial charge in [0.25, 0.3) is 0 Å². The first-order chi connectivity index (χ1) is 6.13. The molecule has 4 nitrogen and oxygen atoms in total. The number of aromatic nitrogens is 1. The molecule has 0 bridgehead atoms. The fraction of sp³-hybridized carbons (Fsp3) is 0.250. The molecule has 0 radical (unpaired) electrons. The van der Waals surface area contributed by atoms with E-state index in [1.54, 1.807) is 6.07 Å². The summed E-state index contributed by atoms with van der Waals surface area (Å²) in [5.41, 5.74) is 0.307. The van der Waals surface area contributed by atoms with E-state index in [1.807, 2.05) is 0 Å². The van der Waals surface area contributed by atoms with E-state index in [-0.39, 0.29) is 12.2 Å². The molecule has 1 aromatic rings. The molecule has 0 saturated heterocycles. The molecule has 0 unspecified atom stereocenters. The smallest absolute Gasteiger partial charge is 0.311 e. The first-order valence-electron chi connectivity index (χ1n) is 3.54. The van der Waals surface area contributed by atoms with Gasteiger partial charge >= 0.3 is 5.97 Å². The maximum atomic E-state index is 10.9. The summed E-state index contributed by atoms with van der Waals surface area (Å²) in [7, 11) is 1.29. The number of rotatable bonds is 2. The Morgan fingerprint density at radius 3 is 3.00 bits per heavy atom. The van der Waals surface area contributed by atoms with Crippen molar-refractivity contribution in [3.8, 4) is 5.75 Å². The number of carbonyl (C=O) groups excluding carboxylic acids is 1. The molecule has 0 amide bonds. The van der Waals surface area contributed by atoms with Gasteiger partial charge in [-0.2, -0.15) is 0 Å². The van der Waals surface area contributed by atoms with Crippen LogP contribution in [0.2, 0.25) is 0 Å². The fourth-order valence-electron chi connectivity index (χ4n) is 0.806. The summed E-state index contributed by atoms with van der Waals surface area (Å²) in [6.45, 7) is 0. The molecule has 0 fully saturated rings. The monoisotopic (exact) mass is 245 g/mol. The van der Waals surface area contributed by atoms with Crippen molar-refractivity contribution in [3.05, 3.63) is 22.4 Å². The van der Waals surface area contributed by atoms with E-state index < -0.39 is 5.97 Å². The van der Waals surface area contributed by atoms with Gasteiger partial charge in [0.15, 0.2) is 0 Å². The maximum absolute atomic E-state index is 10.9. The van der Waals surface area contributed by atoms with Crippen LogP contribution >= 0.6 is 15.9 Å². The molecule has 0 aliphatic carbocycles. The zero-order chi connectivity index (χ0) is 9.84. The number of carbonyl (C=O) groups is 1. The third-order valence-corrected chi connectivity index (χ3v) is 1.90. The first kappa shape index (κ1) is 9.98. The van der Waals surface area contributed by atoms with Gasteiger partial charge in [-0.15, -0.1) is 0 Å². The third-order valence-electron chi connectivity index (χ3n) is 1.46. The molecule has 1 rings (SSSR count). The van der Waals surface area contributed by atoms with Gasteiger partial charge in [-0.1, -0.05) is 0 Å². The normalized spacial score (nSPS) is 9.69. The number of hydrogen-bond donors (Lipinski definition) is 1. The Morgan fingerprint density at radius 1 is 1.69 bits per heavy atom. The number of ether oxygens (including phenoxy) is 1. The van der Waals surface area contributed by atoms with Gasteiger partial charge in [0, 0.05) is 0 Å². The second-order valence-electron chi connectivity index (χ2n) is 2.35. The van der Waals surface area contributed by atoms with E-state index in [1.165, 1.54) is 13.2 Å². The Kier molecular flexibility index (Phi) is 3.25. The molecule has 0 spiro atoms. The Balaban J connectivity index is 2.87. The largest absolute Gasteiger partial charge is 0.506 e. The molecule has 5 heteroatoms. The zero-order valence-electron chi connectivity index (χ0n) is 6.95. The predicted octanol–water partition coefficient (Wildman–Crippen LogP) is 1.27. The minimum atomic E-state index is -0.430. The number of methoxy groups -OCH3 is 1. The second kappa shape index (κ2) is 4.23. The summed E-state index contributed by atoms with van der Waals surface area (Å²) in [6, 6.07) is 3.06. The van der Waals surface area contributed by atoms with E-state index in [0.717, 1.165) is 0 Å². The minimum absolute atomic E-state index is 0.00593. The van der Waals surface area contributed by atoms with Gasteiger partial charge in [0.1, 0.15) is 10.4 Å². The highest BCUT2D eigenvalue weighted by Gasteiger charge is 2.09.